The number of hydrogen-bond donors (Lipinski definition) is 2. The Kier molecular flexibility index (Phi) is 4.31. The Bertz CT molecular complexity index is 614. The first kappa shape index (κ1) is 14.2. The Morgan fingerprint density at radius 1 is 1.57 bits per heavy atom. The number of nitrogens with zero attached hydrogens (tertiary/aromatic N) is 3. The van der Waals surface area contributed by atoms with Crippen molar-refractivity contribution in [3.8, 4) is 0 Å². The van der Waals surface area contributed by atoms with Gasteiger partial charge in [-0.3, -0.25) is 4.79 Å². The molecule has 3 heterocycles. The topological polar surface area (TPSA) is 71.8 Å². The fourth-order valence-corrected chi connectivity index (χ4v) is 3.53. The Balaban J connectivity index is 1.52. The average Bonchev–Trinajstić information content (AvgIpc) is 3.19. The summed E-state index contributed by atoms with van der Waals surface area (Å²) < 4.78 is 1.86. The molecule has 3 rings (SSSR count). The lowest BCUT2D eigenvalue weighted by Crippen LogP contribution is -2.25. The Morgan fingerprint density at radius 3 is 3.19 bits per heavy atom. The highest BCUT2D eigenvalue weighted by Gasteiger charge is 2.19. The highest BCUT2D eigenvalue weighted by Crippen LogP contribution is 2.29. The summed E-state index contributed by atoms with van der Waals surface area (Å²) in [6.45, 7) is 1.64. The molecule has 7 heteroatoms. The van der Waals surface area contributed by atoms with E-state index in [2.05, 4.69) is 26.9 Å². The van der Waals surface area contributed by atoms with Gasteiger partial charge in [-0.25, -0.2) is 0 Å². The van der Waals surface area contributed by atoms with Gasteiger partial charge in [0.15, 0.2) is 0 Å². The molecule has 0 radical (unpaired) electrons. The average molecular weight is 305 g/mol. The molecule has 21 heavy (non-hydrogen) atoms. The number of carbonyl (C=O) groups excluding carboxylic acids is 1. The van der Waals surface area contributed by atoms with Crippen molar-refractivity contribution in [1.29, 1.82) is 0 Å². The van der Waals surface area contributed by atoms with Crippen LogP contribution < -0.4 is 10.6 Å². The summed E-state index contributed by atoms with van der Waals surface area (Å²) in [5.74, 6) is 0.865. The van der Waals surface area contributed by atoms with Gasteiger partial charge in [0.25, 0.3) is 5.91 Å². The monoisotopic (exact) mass is 305 g/mol. The summed E-state index contributed by atoms with van der Waals surface area (Å²) >= 11 is 1.58. The summed E-state index contributed by atoms with van der Waals surface area (Å²) in [6, 6.07) is 4.40. The van der Waals surface area contributed by atoms with Crippen LogP contribution in [0.4, 0.5) is 0 Å². The molecule has 0 saturated carbocycles. The van der Waals surface area contributed by atoms with Crippen molar-refractivity contribution in [1.82, 2.24) is 25.4 Å². The van der Waals surface area contributed by atoms with Gasteiger partial charge in [0.05, 0.1) is 4.88 Å². The second-order valence-corrected chi connectivity index (χ2v) is 6.33. The second kappa shape index (κ2) is 6.36. The Labute approximate surface area is 127 Å². The molecule has 0 aromatic carbocycles. The number of aromatic nitrogens is 3. The van der Waals surface area contributed by atoms with Crippen LogP contribution in [0.1, 0.15) is 39.3 Å². The molecule has 0 aliphatic carbocycles. The van der Waals surface area contributed by atoms with E-state index in [1.165, 1.54) is 11.3 Å². The van der Waals surface area contributed by atoms with E-state index in [9.17, 15) is 4.79 Å². The van der Waals surface area contributed by atoms with Crippen molar-refractivity contribution in [3.63, 3.8) is 0 Å². The number of hydrogen-bond acceptors (Lipinski definition) is 5. The highest BCUT2D eigenvalue weighted by molar-refractivity contribution is 7.14. The third-order valence-electron chi connectivity index (χ3n) is 3.69. The number of amides is 1. The van der Waals surface area contributed by atoms with Crippen molar-refractivity contribution in [2.75, 3.05) is 13.1 Å². The van der Waals surface area contributed by atoms with Gasteiger partial charge < -0.3 is 15.2 Å². The van der Waals surface area contributed by atoms with Crippen molar-refractivity contribution in [3.05, 3.63) is 34.0 Å². The largest absolute Gasteiger partial charge is 0.351 e. The molecule has 1 fully saturated rings. The maximum absolute atomic E-state index is 12.1. The molecular formula is C14H19N5OS. The molecule has 0 bridgehead atoms. The van der Waals surface area contributed by atoms with Crippen LogP contribution in [-0.2, 0) is 13.5 Å². The van der Waals surface area contributed by atoms with Crippen LogP contribution in [0.2, 0.25) is 0 Å². The van der Waals surface area contributed by atoms with Gasteiger partial charge in [-0.15, -0.1) is 21.5 Å². The zero-order valence-electron chi connectivity index (χ0n) is 12.0. The van der Waals surface area contributed by atoms with Gasteiger partial charge in [-0.05, 0) is 31.5 Å². The van der Waals surface area contributed by atoms with Crippen LogP contribution in [0, 0.1) is 0 Å². The van der Waals surface area contributed by atoms with E-state index in [0.29, 0.717) is 19.0 Å². The fourth-order valence-electron chi connectivity index (χ4n) is 2.50. The first-order chi connectivity index (χ1) is 10.2. The van der Waals surface area contributed by atoms with Crippen LogP contribution in [0.15, 0.2) is 18.5 Å². The normalized spacial score (nSPS) is 18.0. The zero-order chi connectivity index (χ0) is 14.7. The molecule has 1 saturated heterocycles. The van der Waals surface area contributed by atoms with Crippen LogP contribution in [0.25, 0.3) is 0 Å². The third-order valence-corrected chi connectivity index (χ3v) is 4.89. The smallest absolute Gasteiger partial charge is 0.261 e. The van der Waals surface area contributed by atoms with Crippen LogP contribution >= 0.6 is 11.3 Å². The molecule has 1 aliphatic rings. The summed E-state index contributed by atoms with van der Waals surface area (Å²) in [5.41, 5.74) is 0. The zero-order valence-corrected chi connectivity index (χ0v) is 12.8. The van der Waals surface area contributed by atoms with Crippen molar-refractivity contribution < 1.29 is 4.79 Å². The minimum Gasteiger partial charge on any atom is -0.351 e. The predicted molar refractivity (Wildman–Crippen MR) is 81.3 cm³/mol. The van der Waals surface area contributed by atoms with E-state index in [1.807, 2.05) is 17.7 Å². The molecule has 112 valence electrons. The number of aryl methyl sites for hydroxylation is 1. The summed E-state index contributed by atoms with van der Waals surface area (Å²) in [4.78, 5) is 14.2. The van der Waals surface area contributed by atoms with Gasteiger partial charge >= 0.3 is 0 Å². The molecule has 0 spiro atoms. The van der Waals surface area contributed by atoms with E-state index in [4.69, 9.17) is 0 Å². The first-order valence-corrected chi connectivity index (χ1v) is 8.00. The molecular weight excluding hydrogens is 286 g/mol. The lowest BCUT2D eigenvalue weighted by Gasteiger charge is -2.06. The molecule has 6 nitrogen and oxygen atoms in total. The number of carbonyl (C=O) groups is 1. The number of rotatable bonds is 5. The van der Waals surface area contributed by atoms with Crippen LogP contribution in [0.3, 0.4) is 0 Å². The molecule has 1 aliphatic heterocycles. The summed E-state index contributed by atoms with van der Waals surface area (Å²) in [6.07, 6.45) is 4.72. The second-order valence-electron chi connectivity index (χ2n) is 5.21. The van der Waals surface area contributed by atoms with E-state index >= 15 is 0 Å². The van der Waals surface area contributed by atoms with E-state index in [1.54, 1.807) is 17.7 Å². The van der Waals surface area contributed by atoms with Crippen LogP contribution in [0.5, 0.6) is 0 Å². The van der Waals surface area contributed by atoms with Gasteiger partial charge in [0, 0.05) is 30.9 Å². The number of thiophene rings is 1. The molecule has 2 aromatic rings. The predicted octanol–water partition coefficient (Wildman–Crippen LogP) is 1.27. The van der Waals surface area contributed by atoms with E-state index < -0.39 is 0 Å². The molecule has 2 N–H and O–H groups in total. The molecule has 2 aromatic heterocycles. The lowest BCUT2D eigenvalue weighted by atomic mass is 10.2. The molecule has 1 atom stereocenters. The fraction of sp³-hybridized carbons (Fsp3) is 0.500. The molecule has 0 unspecified atom stereocenters. The minimum atomic E-state index is -0.00795. The lowest BCUT2D eigenvalue weighted by molar-refractivity contribution is 0.0958. The SMILES string of the molecule is Cn1cnnc1CCNC(=O)c1ccc([C@@H]2CCCN2)s1. The van der Waals surface area contributed by atoms with Gasteiger partial charge in [-0.1, -0.05) is 0 Å². The maximum atomic E-state index is 12.1. The van der Waals surface area contributed by atoms with Crippen molar-refractivity contribution in [2.24, 2.45) is 7.05 Å². The Hall–Kier alpha value is -1.73. The van der Waals surface area contributed by atoms with E-state index in [-0.39, 0.29) is 5.91 Å². The van der Waals surface area contributed by atoms with Gasteiger partial charge in [0.2, 0.25) is 0 Å². The maximum Gasteiger partial charge on any atom is 0.261 e. The summed E-state index contributed by atoms with van der Waals surface area (Å²) in [5, 5.41) is 14.2. The minimum absolute atomic E-state index is 0.00795. The van der Waals surface area contributed by atoms with Gasteiger partial charge in [-0.2, -0.15) is 0 Å². The third kappa shape index (κ3) is 3.30. The number of nitrogens with one attached hydrogen (secondary N) is 2. The van der Waals surface area contributed by atoms with Gasteiger partial charge in [0.1, 0.15) is 12.2 Å². The van der Waals surface area contributed by atoms with Crippen LogP contribution in [-0.4, -0.2) is 33.8 Å². The standard InChI is InChI=1S/C14H19N5OS/c1-19-9-17-18-13(19)6-8-16-14(20)12-5-4-11(21-12)10-3-2-7-15-10/h4-5,9-10,15H,2-3,6-8H2,1H3,(H,16,20)/t10-/m0/s1. The molecule has 1 amide bonds. The summed E-state index contributed by atoms with van der Waals surface area (Å²) in [7, 11) is 1.90. The van der Waals surface area contributed by atoms with Crippen molar-refractivity contribution >= 4 is 17.2 Å². The first-order valence-electron chi connectivity index (χ1n) is 7.18. The van der Waals surface area contributed by atoms with E-state index in [0.717, 1.165) is 23.7 Å². The quantitative estimate of drug-likeness (QED) is 0.873. The van der Waals surface area contributed by atoms with Crippen molar-refractivity contribution in [2.45, 2.75) is 25.3 Å². The Morgan fingerprint density at radius 2 is 2.48 bits per heavy atom. The highest BCUT2D eigenvalue weighted by atomic mass is 32.1.